The smallest absolute Gasteiger partial charge is 0.258 e. The van der Waals surface area contributed by atoms with Gasteiger partial charge in [0.2, 0.25) is 0 Å². The Kier molecular flexibility index (Phi) is 3.78. The number of hydrogen-bond donors (Lipinski definition) is 0. The van der Waals surface area contributed by atoms with Gasteiger partial charge >= 0.3 is 0 Å². The number of aromatic nitrogens is 3. The molecule has 0 aliphatic rings. The minimum Gasteiger partial charge on any atom is -0.269 e. The monoisotopic (exact) mass is 323 g/mol. The number of pyridine rings is 1. The van der Waals surface area contributed by atoms with Gasteiger partial charge in [0.15, 0.2) is 0 Å². The SMILES string of the molecule is Cc1csc(SCc2cc(=O)n3cc(Cl)ccc3n2)n1. The van der Waals surface area contributed by atoms with Crippen molar-refractivity contribution >= 4 is 40.3 Å². The summed E-state index contributed by atoms with van der Waals surface area (Å²) in [4.78, 5) is 20.8. The fourth-order valence-electron chi connectivity index (χ4n) is 1.73. The number of thioether (sulfide) groups is 1. The lowest BCUT2D eigenvalue weighted by molar-refractivity contribution is 1.01. The summed E-state index contributed by atoms with van der Waals surface area (Å²) in [6.07, 6.45) is 1.58. The van der Waals surface area contributed by atoms with E-state index in [2.05, 4.69) is 9.97 Å². The molecule has 0 bridgehead atoms. The first-order valence-corrected chi connectivity index (χ1v) is 8.09. The highest BCUT2D eigenvalue weighted by Crippen LogP contribution is 2.25. The molecule has 3 aromatic heterocycles. The third-order valence-electron chi connectivity index (χ3n) is 2.62. The lowest BCUT2D eigenvalue weighted by Gasteiger charge is -2.03. The predicted octanol–water partition coefficient (Wildman–Crippen LogP) is 3.41. The first-order chi connectivity index (χ1) is 9.61. The third kappa shape index (κ3) is 2.87. The van der Waals surface area contributed by atoms with Crippen molar-refractivity contribution in [3.63, 3.8) is 0 Å². The molecule has 0 saturated carbocycles. The molecular formula is C13H10ClN3OS2. The van der Waals surface area contributed by atoms with Crippen LogP contribution in [0, 0.1) is 6.92 Å². The number of thiazole rings is 1. The number of nitrogens with zero attached hydrogens (tertiary/aromatic N) is 3. The van der Waals surface area contributed by atoms with Gasteiger partial charge in [-0.1, -0.05) is 23.4 Å². The second kappa shape index (κ2) is 5.55. The van der Waals surface area contributed by atoms with Crippen molar-refractivity contribution in [1.82, 2.24) is 14.4 Å². The van der Waals surface area contributed by atoms with Crippen molar-refractivity contribution in [1.29, 1.82) is 0 Å². The molecular weight excluding hydrogens is 314 g/mol. The molecule has 0 fully saturated rings. The van der Waals surface area contributed by atoms with E-state index in [1.165, 1.54) is 10.5 Å². The summed E-state index contributed by atoms with van der Waals surface area (Å²) in [5.74, 6) is 0.626. The van der Waals surface area contributed by atoms with Crippen molar-refractivity contribution < 1.29 is 0 Å². The summed E-state index contributed by atoms with van der Waals surface area (Å²) in [5, 5.41) is 2.52. The molecule has 0 unspecified atom stereocenters. The molecule has 0 amide bonds. The van der Waals surface area contributed by atoms with Crippen LogP contribution in [0.1, 0.15) is 11.4 Å². The van der Waals surface area contributed by atoms with Gasteiger partial charge in [0.1, 0.15) is 9.99 Å². The van der Waals surface area contributed by atoms with E-state index in [0.717, 1.165) is 15.7 Å². The maximum Gasteiger partial charge on any atom is 0.258 e. The van der Waals surface area contributed by atoms with Crippen molar-refractivity contribution in [3.05, 3.63) is 56.5 Å². The minimum atomic E-state index is -0.122. The van der Waals surface area contributed by atoms with Crippen LogP contribution in [0.25, 0.3) is 5.65 Å². The average molecular weight is 324 g/mol. The highest BCUT2D eigenvalue weighted by molar-refractivity contribution is 8.00. The molecule has 0 aromatic carbocycles. The molecule has 0 spiro atoms. The van der Waals surface area contributed by atoms with Crippen molar-refractivity contribution in [3.8, 4) is 0 Å². The maximum absolute atomic E-state index is 12.0. The molecule has 3 rings (SSSR count). The molecule has 0 radical (unpaired) electrons. The van der Waals surface area contributed by atoms with Crippen molar-refractivity contribution in [2.45, 2.75) is 17.0 Å². The van der Waals surface area contributed by atoms with Crippen molar-refractivity contribution in [2.75, 3.05) is 0 Å². The summed E-state index contributed by atoms with van der Waals surface area (Å²) in [5.41, 5.74) is 2.24. The van der Waals surface area contributed by atoms with Gasteiger partial charge in [0.05, 0.1) is 10.7 Å². The molecule has 20 heavy (non-hydrogen) atoms. The molecule has 7 heteroatoms. The fourth-order valence-corrected chi connectivity index (χ4v) is 3.64. The van der Waals surface area contributed by atoms with Crippen molar-refractivity contribution in [2.24, 2.45) is 0 Å². The zero-order valence-corrected chi connectivity index (χ0v) is 12.9. The lowest BCUT2D eigenvalue weighted by atomic mass is 10.4. The van der Waals surface area contributed by atoms with Crippen LogP contribution in [0.3, 0.4) is 0 Å². The van der Waals surface area contributed by atoms with E-state index in [0.29, 0.717) is 16.4 Å². The summed E-state index contributed by atoms with van der Waals surface area (Å²) in [6, 6.07) is 5.01. The molecule has 0 saturated heterocycles. The minimum absolute atomic E-state index is 0.122. The molecule has 102 valence electrons. The number of rotatable bonds is 3. The standard InChI is InChI=1S/C13H10ClN3OS2/c1-8-6-19-13(15-8)20-7-10-4-12(18)17-5-9(14)2-3-11(17)16-10/h2-6H,7H2,1H3. The van der Waals surface area contributed by atoms with E-state index < -0.39 is 0 Å². The van der Waals surface area contributed by atoms with Gasteiger partial charge in [-0.15, -0.1) is 11.3 Å². The van der Waals surface area contributed by atoms with Crippen LogP contribution in [0.4, 0.5) is 0 Å². The second-order valence-electron chi connectivity index (χ2n) is 4.20. The fraction of sp³-hybridized carbons (Fsp3) is 0.154. The number of halogens is 1. The quantitative estimate of drug-likeness (QED) is 0.693. The first-order valence-electron chi connectivity index (χ1n) is 5.84. The summed E-state index contributed by atoms with van der Waals surface area (Å²) < 4.78 is 2.44. The zero-order valence-electron chi connectivity index (χ0n) is 10.5. The molecule has 0 aliphatic carbocycles. The maximum atomic E-state index is 12.0. The Balaban J connectivity index is 1.89. The largest absolute Gasteiger partial charge is 0.269 e. The Morgan fingerprint density at radius 3 is 3.00 bits per heavy atom. The van der Waals surface area contributed by atoms with Gasteiger partial charge < -0.3 is 0 Å². The molecule has 0 atom stereocenters. The third-order valence-corrected chi connectivity index (χ3v) is 5.01. The van der Waals surface area contributed by atoms with Gasteiger partial charge in [-0.25, -0.2) is 9.97 Å². The topological polar surface area (TPSA) is 47.3 Å². The van der Waals surface area contributed by atoms with E-state index >= 15 is 0 Å². The van der Waals surface area contributed by atoms with Gasteiger partial charge in [-0.3, -0.25) is 9.20 Å². The van der Waals surface area contributed by atoms with E-state index in [1.807, 2.05) is 12.3 Å². The van der Waals surface area contributed by atoms with Crippen LogP contribution in [0.2, 0.25) is 5.02 Å². The average Bonchev–Trinajstić information content (AvgIpc) is 2.83. The first kappa shape index (κ1) is 13.6. The Morgan fingerprint density at radius 2 is 2.25 bits per heavy atom. The summed E-state index contributed by atoms with van der Waals surface area (Å²) >= 11 is 9.06. The van der Waals surface area contributed by atoms with Crippen LogP contribution in [0.15, 0.2) is 38.9 Å². The molecule has 3 aromatic rings. The summed E-state index contributed by atoms with van der Waals surface area (Å²) in [6.45, 7) is 1.96. The van der Waals surface area contributed by atoms with Crippen LogP contribution >= 0.6 is 34.7 Å². The van der Waals surface area contributed by atoms with E-state index in [9.17, 15) is 4.79 Å². The molecule has 0 aliphatic heterocycles. The van der Waals surface area contributed by atoms with Crippen LogP contribution < -0.4 is 5.56 Å². The number of hydrogen-bond acceptors (Lipinski definition) is 5. The Morgan fingerprint density at radius 1 is 1.40 bits per heavy atom. The van der Waals surface area contributed by atoms with E-state index in [1.54, 1.807) is 41.4 Å². The normalized spacial score (nSPS) is 11.1. The number of fused-ring (bicyclic) bond motifs is 1. The molecule has 3 heterocycles. The predicted molar refractivity (Wildman–Crippen MR) is 82.9 cm³/mol. The van der Waals surface area contributed by atoms with Crippen LogP contribution in [0.5, 0.6) is 0 Å². The second-order valence-corrected chi connectivity index (χ2v) is 6.72. The Labute approximate surface area is 128 Å². The van der Waals surface area contributed by atoms with Gasteiger partial charge in [-0.2, -0.15) is 0 Å². The number of aryl methyl sites for hydroxylation is 1. The highest BCUT2D eigenvalue weighted by atomic mass is 35.5. The summed E-state index contributed by atoms with van der Waals surface area (Å²) in [7, 11) is 0. The molecule has 0 N–H and O–H groups in total. The van der Waals surface area contributed by atoms with Gasteiger partial charge in [0.25, 0.3) is 5.56 Å². The van der Waals surface area contributed by atoms with Crippen LogP contribution in [-0.4, -0.2) is 14.4 Å². The Hall–Kier alpha value is -1.37. The highest BCUT2D eigenvalue weighted by Gasteiger charge is 2.05. The van der Waals surface area contributed by atoms with Crippen LogP contribution in [-0.2, 0) is 5.75 Å². The van der Waals surface area contributed by atoms with Gasteiger partial charge in [-0.05, 0) is 19.1 Å². The zero-order chi connectivity index (χ0) is 14.1. The van der Waals surface area contributed by atoms with Gasteiger partial charge in [0, 0.05) is 29.1 Å². The Bertz CT molecular complexity index is 828. The van der Waals surface area contributed by atoms with E-state index in [-0.39, 0.29) is 5.56 Å². The van der Waals surface area contributed by atoms with E-state index in [4.69, 9.17) is 11.6 Å². The molecule has 4 nitrogen and oxygen atoms in total. The lowest BCUT2D eigenvalue weighted by Crippen LogP contribution is -2.14.